The highest BCUT2D eigenvalue weighted by Gasteiger charge is 2.45. The summed E-state index contributed by atoms with van der Waals surface area (Å²) in [5, 5.41) is 13.3. The second kappa shape index (κ2) is 9.52. The van der Waals surface area contributed by atoms with Crippen molar-refractivity contribution < 1.29 is 28.2 Å². The maximum atomic E-state index is 13.0. The summed E-state index contributed by atoms with van der Waals surface area (Å²) in [4.78, 5) is 29.2. The van der Waals surface area contributed by atoms with Gasteiger partial charge in [0.25, 0.3) is 6.43 Å². The first-order chi connectivity index (χ1) is 15.5. The molecule has 33 heavy (non-hydrogen) atoms. The van der Waals surface area contributed by atoms with E-state index >= 15 is 0 Å². The van der Waals surface area contributed by atoms with Crippen molar-refractivity contribution in [3.05, 3.63) is 77.5 Å². The molecule has 0 radical (unpaired) electrons. The Hall–Kier alpha value is -3.55. The molecule has 1 heterocycles. The predicted octanol–water partition coefficient (Wildman–Crippen LogP) is 5.81. The van der Waals surface area contributed by atoms with Crippen LogP contribution in [0.3, 0.4) is 0 Å². The van der Waals surface area contributed by atoms with Gasteiger partial charge in [0.05, 0.1) is 5.52 Å². The highest BCUT2D eigenvalue weighted by atomic mass is 19.3. The number of pyridine rings is 1. The quantitative estimate of drug-likeness (QED) is 0.468. The van der Waals surface area contributed by atoms with Gasteiger partial charge in [-0.05, 0) is 41.2 Å². The van der Waals surface area contributed by atoms with Crippen molar-refractivity contribution in [2.24, 2.45) is 5.41 Å². The number of fused-ring (bicyclic) bond motifs is 1. The van der Waals surface area contributed by atoms with Gasteiger partial charge >= 0.3 is 12.1 Å². The molecule has 0 fully saturated rings. The molecule has 0 bridgehead atoms. The summed E-state index contributed by atoms with van der Waals surface area (Å²) in [7, 11) is 0. The average molecular weight is 456 g/mol. The number of nitrogens with zero attached hydrogens (tertiary/aromatic N) is 1. The molecule has 2 N–H and O–H groups in total. The van der Waals surface area contributed by atoms with Crippen LogP contribution in [0.2, 0.25) is 0 Å². The molecule has 0 unspecified atom stereocenters. The molecular formula is C25H26F2N2O4. The number of aromatic nitrogens is 1. The van der Waals surface area contributed by atoms with Crippen molar-refractivity contribution in [1.29, 1.82) is 0 Å². The van der Waals surface area contributed by atoms with Crippen LogP contribution < -0.4 is 5.32 Å². The van der Waals surface area contributed by atoms with Crippen LogP contribution >= 0.6 is 0 Å². The fraction of sp³-hybridized carbons (Fsp3) is 0.320. The first-order valence-corrected chi connectivity index (χ1v) is 10.4. The van der Waals surface area contributed by atoms with Gasteiger partial charge in [0.2, 0.25) is 0 Å². The fourth-order valence-electron chi connectivity index (χ4n) is 3.73. The molecule has 0 saturated heterocycles. The van der Waals surface area contributed by atoms with Crippen LogP contribution in [0.4, 0.5) is 13.6 Å². The average Bonchev–Trinajstić information content (AvgIpc) is 2.76. The Morgan fingerprint density at radius 3 is 2.36 bits per heavy atom. The summed E-state index contributed by atoms with van der Waals surface area (Å²) < 4.78 is 31.3. The number of benzene rings is 2. The summed E-state index contributed by atoms with van der Waals surface area (Å²) in [5.74, 6) is -1.26. The Morgan fingerprint density at radius 2 is 1.76 bits per heavy atom. The number of nitrogens with one attached hydrogen (secondary N) is 1. The van der Waals surface area contributed by atoms with Crippen molar-refractivity contribution in [1.82, 2.24) is 10.3 Å². The van der Waals surface area contributed by atoms with Crippen molar-refractivity contribution in [2.45, 2.75) is 45.8 Å². The Balaban J connectivity index is 1.98. The van der Waals surface area contributed by atoms with E-state index in [1.807, 2.05) is 26.8 Å². The smallest absolute Gasteiger partial charge is 0.408 e. The van der Waals surface area contributed by atoms with Crippen LogP contribution in [0.25, 0.3) is 10.9 Å². The van der Waals surface area contributed by atoms with Crippen LogP contribution in [0.15, 0.2) is 60.7 Å². The SMILES string of the molecule is CC(C)(C)C[C@](NC(=O)OCc1ccccc1)(C(=O)O)c1ccc2nc(C(F)F)ccc2c1. The summed E-state index contributed by atoms with van der Waals surface area (Å²) in [6.07, 6.45) is -3.53. The molecule has 0 aliphatic carbocycles. The standard InChI is InChI=1S/C25H26F2N2O4/c1-24(2,3)15-25(22(30)31,29-23(32)33-14-16-7-5-4-6-8-16)18-10-12-19-17(13-18)9-11-20(28-19)21(26)27/h4-13,21H,14-15H2,1-3H3,(H,29,32)(H,30,31)/t25-/m1/s1. The largest absolute Gasteiger partial charge is 0.479 e. The third kappa shape index (κ3) is 5.83. The highest BCUT2D eigenvalue weighted by Crippen LogP contribution is 2.37. The van der Waals surface area contributed by atoms with Crippen LogP contribution in [-0.2, 0) is 21.7 Å². The summed E-state index contributed by atoms with van der Waals surface area (Å²) >= 11 is 0. The van der Waals surface area contributed by atoms with Gasteiger partial charge in [-0.3, -0.25) is 0 Å². The van der Waals surface area contributed by atoms with Crippen LogP contribution in [0, 0.1) is 5.41 Å². The number of ether oxygens (including phenoxy) is 1. The summed E-state index contributed by atoms with van der Waals surface area (Å²) in [6, 6.07) is 16.2. The van der Waals surface area contributed by atoms with Crippen LogP contribution in [-0.4, -0.2) is 22.2 Å². The van der Waals surface area contributed by atoms with Crippen LogP contribution in [0.1, 0.15) is 50.4 Å². The van der Waals surface area contributed by atoms with Crippen molar-refractivity contribution in [3.8, 4) is 0 Å². The Labute approximate surface area is 190 Å². The Bertz CT molecular complexity index is 1150. The number of amides is 1. The number of alkyl halides is 2. The van der Waals surface area contributed by atoms with Gasteiger partial charge in [-0.15, -0.1) is 0 Å². The molecule has 0 aliphatic heterocycles. The Kier molecular flexibility index (Phi) is 6.95. The molecule has 1 atom stereocenters. The molecule has 3 aromatic rings. The van der Waals surface area contributed by atoms with Gasteiger partial charge in [-0.25, -0.2) is 23.4 Å². The minimum Gasteiger partial charge on any atom is -0.479 e. The van der Waals surface area contributed by atoms with E-state index in [9.17, 15) is 23.5 Å². The lowest BCUT2D eigenvalue weighted by Gasteiger charge is -2.36. The van der Waals surface area contributed by atoms with E-state index in [4.69, 9.17) is 4.74 Å². The molecule has 1 amide bonds. The molecule has 0 spiro atoms. The monoisotopic (exact) mass is 456 g/mol. The molecule has 2 aromatic carbocycles. The number of hydrogen-bond donors (Lipinski definition) is 2. The number of carbonyl (C=O) groups is 2. The Morgan fingerprint density at radius 1 is 1.06 bits per heavy atom. The lowest BCUT2D eigenvalue weighted by molar-refractivity contribution is -0.146. The third-order valence-electron chi connectivity index (χ3n) is 5.12. The van der Waals surface area contributed by atoms with Gasteiger partial charge in [0, 0.05) is 5.39 Å². The van der Waals surface area contributed by atoms with Crippen molar-refractivity contribution in [2.75, 3.05) is 0 Å². The number of carboxylic acids is 1. The van der Waals surface area contributed by atoms with Gasteiger partial charge in [0.1, 0.15) is 12.3 Å². The lowest BCUT2D eigenvalue weighted by atomic mass is 9.75. The molecule has 6 nitrogen and oxygen atoms in total. The first kappa shape index (κ1) is 24.1. The lowest BCUT2D eigenvalue weighted by Crippen LogP contribution is -2.54. The molecule has 174 valence electrons. The molecule has 3 rings (SSSR count). The topological polar surface area (TPSA) is 88.5 Å². The number of rotatable bonds is 7. The normalized spacial score (nSPS) is 13.5. The van der Waals surface area contributed by atoms with E-state index in [2.05, 4.69) is 10.3 Å². The maximum Gasteiger partial charge on any atom is 0.408 e. The molecule has 8 heteroatoms. The van der Waals surface area contributed by atoms with Crippen molar-refractivity contribution >= 4 is 23.0 Å². The zero-order valence-electron chi connectivity index (χ0n) is 18.6. The van der Waals surface area contributed by atoms with Crippen molar-refractivity contribution in [3.63, 3.8) is 0 Å². The molecule has 0 aliphatic rings. The number of hydrogen-bond acceptors (Lipinski definition) is 4. The zero-order chi connectivity index (χ0) is 24.2. The first-order valence-electron chi connectivity index (χ1n) is 10.4. The van der Waals surface area contributed by atoms with Crippen LogP contribution in [0.5, 0.6) is 0 Å². The second-order valence-corrected chi connectivity index (χ2v) is 9.08. The molecule has 1 aromatic heterocycles. The maximum absolute atomic E-state index is 13.0. The van der Waals surface area contributed by atoms with E-state index in [1.54, 1.807) is 30.3 Å². The van der Waals surface area contributed by atoms with E-state index < -0.39 is 29.4 Å². The zero-order valence-corrected chi connectivity index (χ0v) is 18.6. The minimum atomic E-state index is -2.71. The second-order valence-electron chi connectivity index (χ2n) is 9.08. The van der Waals surface area contributed by atoms with E-state index in [0.717, 1.165) is 5.56 Å². The number of alkyl carbamates (subject to hydrolysis) is 1. The molecule has 0 saturated carbocycles. The molecular weight excluding hydrogens is 430 g/mol. The fourth-order valence-corrected chi connectivity index (χ4v) is 3.73. The predicted molar refractivity (Wildman–Crippen MR) is 120 cm³/mol. The summed E-state index contributed by atoms with van der Waals surface area (Å²) in [5.41, 5.74) is -1.30. The van der Waals surface area contributed by atoms with Gasteiger partial charge in [-0.2, -0.15) is 0 Å². The van der Waals surface area contributed by atoms with Gasteiger partial charge in [-0.1, -0.05) is 63.2 Å². The highest BCUT2D eigenvalue weighted by molar-refractivity contribution is 5.88. The van der Waals surface area contributed by atoms with Gasteiger partial charge < -0.3 is 15.2 Å². The van der Waals surface area contributed by atoms with Gasteiger partial charge in [0.15, 0.2) is 5.54 Å². The number of carboxylic acid groups (broad SMARTS) is 1. The summed E-state index contributed by atoms with van der Waals surface area (Å²) in [6.45, 7) is 5.56. The number of carbonyl (C=O) groups excluding carboxylic acids is 1. The van der Waals surface area contributed by atoms with E-state index in [-0.39, 0.29) is 18.7 Å². The van der Waals surface area contributed by atoms with E-state index in [1.165, 1.54) is 24.3 Å². The van der Waals surface area contributed by atoms with E-state index in [0.29, 0.717) is 16.5 Å². The number of aliphatic carboxylic acids is 1. The number of halogens is 2. The third-order valence-corrected chi connectivity index (χ3v) is 5.12. The minimum absolute atomic E-state index is 0.0179.